The lowest BCUT2D eigenvalue weighted by atomic mass is 9.94. The van der Waals surface area contributed by atoms with Gasteiger partial charge in [0, 0.05) is 44.2 Å². The van der Waals surface area contributed by atoms with E-state index in [1.165, 1.54) is 15.9 Å². The maximum Gasteiger partial charge on any atom is 0.256 e. The van der Waals surface area contributed by atoms with E-state index in [4.69, 9.17) is 0 Å². The Morgan fingerprint density at radius 1 is 1.04 bits per heavy atom. The number of likely N-dealkylation sites (tertiary alicyclic amines) is 1. The van der Waals surface area contributed by atoms with Crippen molar-refractivity contribution in [2.24, 2.45) is 5.92 Å². The molecule has 2 aromatic rings. The number of carbonyl (C=O) groups excluding carboxylic acids is 2. The van der Waals surface area contributed by atoms with E-state index in [1.54, 1.807) is 25.2 Å². The predicted molar refractivity (Wildman–Crippen MR) is 97.9 cm³/mol. The molecule has 0 bridgehead atoms. The van der Waals surface area contributed by atoms with Gasteiger partial charge in [-0.15, -0.1) is 0 Å². The number of nitrogens with zero attached hydrogens (tertiary/aromatic N) is 2. The van der Waals surface area contributed by atoms with Crippen LogP contribution in [0.15, 0.2) is 42.5 Å². The largest absolute Gasteiger partial charge is 0.341 e. The molecule has 7 heteroatoms. The van der Waals surface area contributed by atoms with Crippen LogP contribution in [0.1, 0.15) is 28.8 Å². The minimum Gasteiger partial charge on any atom is -0.341 e. The van der Waals surface area contributed by atoms with Crippen molar-refractivity contribution in [3.05, 3.63) is 71.0 Å². The molecule has 0 unspecified atom stereocenters. The van der Waals surface area contributed by atoms with Crippen LogP contribution in [-0.2, 0) is 11.3 Å². The number of hydrogen-bond acceptors (Lipinski definition) is 2. The highest BCUT2D eigenvalue weighted by Gasteiger charge is 2.30. The molecule has 0 saturated carbocycles. The van der Waals surface area contributed by atoms with Crippen LogP contribution in [0.3, 0.4) is 0 Å². The number of piperidine rings is 1. The second-order valence-electron chi connectivity index (χ2n) is 6.98. The lowest BCUT2D eigenvalue weighted by Crippen LogP contribution is -2.43. The van der Waals surface area contributed by atoms with Crippen LogP contribution in [0, 0.1) is 23.4 Å². The van der Waals surface area contributed by atoms with Crippen LogP contribution in [0.5, 0.6) is 0 Å². The van der Waals surface area contributed by atoms with Gasteiger partial charge in [0.05, 0.1) is 5.56 Å². The highest BCUT2D eigenvalue weighted by atomic mass is 19.1. The van der Waals surface area contributed by atoms with Crippen molar-refractivity contribution in [2.45, 2.75) is 19.4 Å². The highest BCUT2D eigenvalue weighted by Crippen LogP contribution is 2.23. The molecule has 1 fully saturated rings. The summed E-state index contributed by atoms with van der Waals surface area (Å²) in [5.41, 5.74) is 0.264. The lowest BCUT2D eigenvalue weighted by Gasteiger charge is -2.33. The number of hydrogen-bond donors (Lipinski definition) is 0. The van der Waals surface area contributed by atoms with Crippen molar-refractivity contribution in [3.63, 3.8) is 0 Å². The Hall–Kier alpha value is -2.83. The molecule has 4 nitrogen and oxygen atoms in total. The van der Waals surface area contributed by atoms with Crippen LogP contribution in [0.4, 0.5) is 13.2 Å². The molecule has 0 aromatic heterocycles. The van der Waals surface area contributed by atoms with Crippen molar-refractivity contribution in [3.8, 4) is 0 Å². The van der Waals surface area contributed by atoms with E-state index in [0.29, 0.717) is 37.6 Å². The van der Waals surface area contributed by atoms with Gasteiger partial charge in [-0.25, -0.2) is 13.2 Å². The monoisotopic (exact) mass is 390 g/mol. The van der Waals surface area contributed by atoms with Crippen molar-refractivity contribution in [1.82, 2.24) is 9.80 Å². The smallest absolute Gasteiger partial charge is 0.256 e. The molecule has 0 radical (unpaired) electrons. The zero-order valence-corrected chi connectivity index (χ0v) is 15.5. The standard InChI is InChI=1S/C21H21F3N2O2/c1-25(13-15-4-2-3-5-18(15)23)20(27)14-8-10-26(11-9-14)21(28)17-7-6-16(22)12-19(17)24/h2-7,12,14H,8-11,13H2,1H3. The van der Waals surface area contributed by atoms with E-state index in [0.717, 1.165) is 12.1 Å². The van der Waals surface area contributed by atoms with E-state index in [9.17, 15) is 22.8 Å². The van der Waals surface area contributed by atoms with Gasteiger partial charge in [-0.1, -0.05) is 18.2 Å². The van der Waals surface area contributed by atoms with Gasteiger partial charge in [0.15, 0.2) is 0 Å². The fraction of sp³-hybridized carbons (Fsp3) is 0.333. The van der Waals surface area contributed by atoms with Crippen LogP contribution in [0.25, 0.3) is 0 Å². The molecule has 1 aliphatic heterocycles. The van der Waals surface area contributed by atoms with Gasteiger partial charge >= 0.3 is 0 Å². The highest BCUT2D eigenvalue weighted by molar-refractivity contribution is 5.94. The van der Waals surface area contributed by atoms with Crippen LogP contribution in [-0.4, -0.2) is 41.8 Å². The average Bonchev–Trinajstić information content (AvgIpc) is 2.69. The maximum atomic E-state index is 13.8. The minimum atomic E-state index is -0.896. The molecule has 2 amide bonds. The first kappa shape index (κ1) is 19.9. The second-order valence-corrected chi connectivity index (χ2v) is 6.98. The topological polar surface area (TPSA) is 40.6 Å². The Morgan fingerprint density at radius 3 is 2.36 bits per heavy atom. The molecule has 0 aliphatic carbocycles. The molecule has 0 N–H and O–H groups in total. The van der Waals surface area contributed by atoms with Gasteiger partial charge in [0.2, 0.25) is 5.91 Å². The Balaban J connectivity index is 1.57. The first-order chi connectivity index (χ1) is 13.4. The summed E-state index contributed by atoms with van der Waals surface area (Å²) in [6, 6.07) is 9.16. The summed E-state index contributed by atoms with van der Waals surface area (Å²) in [7, 11) is 1.63. The summed E-state index contributed by atoms with van der Waals surface area (Å²) in [4.78, 5) is 28.1. The van der Waals surface area contributed by atoms with E-state index in [-0.39, 0.29) is 29.8 Å². The van der Waals surface area contributed by atoms with Crippen LogP contribution in [0.2, 0.25) is 0 Å². The van der Waals surface area contributed by atoms with Crippen molar-refractivity contribution >= 4 is 11.8 Å². The molecule has 2 aromatic carbocycles. The molecule has 28 heavy (non-hydrogen) atoms. The SMILES string of the molecule is CN(Cc1ccccc1F)C(=O)C1CCN(C(=O)c2ccc(F)cc2F)CC1. The van der Waals surface area contributed by atoms with Gasteiger partial charge in [0.25, 0.3) is 5.91 Å². The van der Waals surface area contributed by atoms with E-state index in [2.05, 4.69) is 0 Å². The molecule has 148 valence electrons. The first-order valence-electron chi connectivity index (χ1n) is 9.09. The summed E-state index contributed by atoms with van der Waals surface area (Å²) < 4.78 is 40.6. The maximum absolute atomic E-state index is 13.8. The third-order valence-corrected chi connectivity index (χ3v) is 5.03. The quantitative estimate of drug-likeness (QED) is 0.800. The minimum absolute atomic E-state index is 0.108. The summed E-state index contributed by atoms with van der Waals surface area (Å²) in [5, 5.41) is 0. The number of amides is 2. The van der Waals surface area contributed by atoms with Gasteiger partial charge in [-0.3, -0.25) is 9.59 Å². The summed E-state index contributed by atoms with van der Waals surface area (Å²) >= 11 is 0. The van der Waals surface area contributed by atoms with E-state index in [1.807, 2.05) is 0 Å². The normalized spacial score (nSPS) is 14.8. The third-order valence-electron chi connectivity index (χ3n) is 5.03. The summed E-state index contributed by atoms with van der Waals surface area (Å²) in [6.07, 6.45) is 0.879. The molecule has 0 spiro atoms. The van der Waals surface area contributed by atoms with Gasteiger partial charge in [-0.2, -0.15) is 0 Å². The molecule has 0 atom stereocenters. The van der Waals surface area contributed by atoms with E-state index >= 15 is 0 Å². The number of rotatable bonds is 4. The average molecular weight is 390 g/mol. The summed E-state index contributed by atoms with van der Waals surface area (Å²) in [6.45, 7) is 0.782. The van der Waals surface area contributed by atoms with Crippen LogP contribution < -0.4 is 0 Å². The third kappa shape index (κ3) is 4.35. The molecular weight excluding hydrogens is 369 g/mol. The van der Waals surface area contributed by atoms with Gasteiger partial charge < -0.3 is 9.80 Å². The first-order valence-corrected chi connectivity index (χ1v) is 9.09. The van der Waals surface area contributed by atoms with Gasteiger partial charge in [-0.05, 0) is 31.0 Å². The van der Waals surface area contributed by atoms with Crippen LogP contribution >= 0.6 is 0 Å². The number of carbonyl (C=O) groups is 2. The molecular formula is C21H21F3N2O2. The molecule has 1 saturated heterocycles. The van der Waals surface area contributed by atoms with Gasteiger partial charge in [0.1, 0.15) is 17.5 Å². The Bertz CT molecular complexity index is 880. The summed E-state index contributed by atoms with van der Waals surface area (Å²) in [5.74, 6) is -2.89. The molecule has 1 heterocycles. The van der Waals surface area contributed by atoms with Crippen molar-refractivity contribution in [1.29, 1.82) is 0 Å². The molecule has 3 rings (SSSR count). The van der Waals surface area contributed by atoms with E-state index < -0.39 is 17.5 Å². The number of benzene rings is 2. The molecule has 1 aliphatic rings. The second kappa shape index (κ2) is 8.46. The Kier molecular flexibility index (Phi) is 6.02. The fourth-order valence-corrected chi connectivity index (χ4v) is 3.43. The Morgan fingerprint density at radius 2 is 1.71 bits per heavy atom. The number of halogens is 3. The fourth-order valence-electron chi connectivity index (χ4n) is 3.43. The van der Waals surface area contributed by atoms with Crippen molar-refractivity contribution in [2.75, 3.05) is 20.1 Å². The predicted octanol–water partition coefficient (Wildman–Crippen LogP) is 3.61. The zero-order valence-electron chi connectivity index (χ0n) is 15.5. The van der Waals surface area contributed by atoms with Crippen molar-refractivity contribution < 1.29 is 22.8 Å². The Labute approximate surface area is 161 Å². The zero-order chi connectivity index (χ0) is 20.3. The lowest BCUT2D eigenvalue weighted by molar-refractivity contribution is -0.136.